The van der Waals surface area contributed by atoms with Crippen LogP contribution in [0, 0.1) is 0 Å². The summed E-state index contributed by atoms with van der Waals surface area (Å²) in [5.74, 6) is -2.84. The van der Waals surface area contributed by atoms with Crippen LogP contribution in [0.2, 0.25) is 0 Å². The van der Waals surface area contributed by atoms with Gasteiger partial charge in [-0.1, -0.05) is 18.2 Å². The molecule has 0 aromatic heterocycles. The van der Waals surface area contributed by atoms with E-state index in [0.717, 1.165) is 0 Å². The molecule has 2 amide bonds. The van der Waals surface area contributed by atoms with Gasteiger partial charge in [0, 0.05) is 11.1 Å². The molecule has 0 fully saturated rings. The molecule has 0 aliphatic carbocycles. The Balaban J connectivity index is 2.69. The van der Waals surface area contributed by atoms with Crippen LogP contribution in [0.3, 0.4) is 0 Å². The highest BCUT2D eigenvalue weighted by Gasteiger charge is 2.19. The minimum absolute atomic E-state index is 0.0506. The monoisotopic (exact) mass is 291 g/mol. The lowest BCUT2D eigenvalue weighted by molar-refractivity contribution is -0.140. The lowest BCUT2D eigenvalue weighted by Crippen LogP contribution is -2.47. The quantitative estimate of drug-likeness (QED) is 0.434. The second-order valence-electron chi connectivity index (χ2n) is 5.30. The Hall–Kier alpha value is -2.70. The van der Waals surface area contributed by atoms with E-state index < -0.39 is 23.3 Å². The number of hydrogen-bond acceptors (Lipinski definition) is 4. The Labute approximate surface area is 122 Å². The van der Waals surface area contributed by atoms with Crippen molar-refractivity contribution in [2.75, 3.05) is 0 Å². The second kappa shape index (κ2) is 6.65. The third kappa shape index (κ3) is 5.43. The van der Waals surface area contributed by atoms with Gasteiger partial charge in [0.25, 0.3) is 0 Å². The van der Waals surface area contributed by atoms with Crippen molar-refractivity contribution in [1.29, 1.82) is 0 Å². The summed E-state index contributed by atoms with van der Waals surface area (Å²) >= 11 is 0. The molecular weight excluding hydrogens is 274 g/mol. The van der Waals surface area contributed by atoms with Crippen molar-refractivity contribution < 1.29 is 19.5 Å². The molecule has 1 aromatic carbocycles. The molecule has 1 rings (SSSR count). The molecule has 21 heavy (non-hydrogen) atoms. The fourth-order valence-corrected chi connectivity index (χ4v) is 1.41. The van der Waals surface area contributed by atoms with Crippen molar-refractivity contribution in [2.45, 2.75) is 26.3 Å². The van der Waals surface area contributed by atoms with Gasteiger partial charge in [-0.15, -0.1) is 0 Å². The molecule has 3 N–H and O–H groups in total. The molecule has 0 heterocycles. The molecule has 0 atom stereocenters. The minimum Gasteiger partial charge on any atom is -0.478 e. The maximum atomic E-state index is 11.5. The number of carbonyl (C=O) groups is 3. The van der Waals surface area contributed by atoms with Gasteiger partial charge in [0.15, 0.2) is 0 Å². The minimum atomic E-state index is -1.10. The van der Waals surface area contributed by atoms with Crippen LogP contribution in [-0.2, 0) is 9.59 Å². The molecule has 0 spiro atoms. The van der Waals surface area contributed by atoms with E-state index in [1.54, 1.807) is 32.9 Å². The molecule has 0 saturated heterocycles. The number of amides is 2. The fourth-order valence-electron chi connectivity index (χ4n) is 1.41. The van der Waals surface area contributed by atoms with Crippen LogP contribution in [-0.4, -0.2) is 34.6 Å². The van der Waals surface area contributed by atoms with Gasteiger partial charge >= 0.3 is 17.8 Å². The number of aromatic carboxylic acids is 1. The van der Waals surface area contributed by atoms with Crippen LogP contribution in [0.4, 0.5) is 0 Å². The highest BCUT2D eigenvalue weighted by atomic mass is 16.4. The summed E-state index contributed by atoms with van der Waals surface area (Å²) in [4.78, 5) is 33.9. The Morgan fingerprint density at radius 2 is 1.76 bits per heavy atom. The summed E-state index contributed by atoms with van der Waals surface area (Å²) in [6, 6.07) is 6.17. The summed E-state index contributed by atoms with van der Waals surface area (Å²) in [6.45, 7) is 5.22. The molecule has 1 aromatic rings. The van der Waals surface area contributed by atoms with E-state index in [0.29, 0.717) is 5.56 Å². The van der Waals surface area contributed by atoms with E-state index >= 15 is 0 Å². The SMILES string of the molecule is CC(C)(C)NC(=O)C(=O)N/N=C\c1ccccc1C(=O)O. The van der Waals surface area contributed by atoms with Crippen molar-refractivity contribution in [3.8, 4) is 0 Å². The molecule has 0 saturated carbocycles. The third-order valence-electron chi connectivity index (χ3n) is 2.26. The number of carbonyl (C=O) groups excluding carboxylic acids is 2. The molecule has 7 nitrogen and oxygen atoms in total. The first-order valence-corrected chi connectivity index (χ1v) is 6.18. The van der Waals surface area contributed by atoms with Gasteiger partial charge in [0.2, 0.25) is 0 Å². The highest BCUT2D eigenvalue weighted by molar-refractivity contribution is 6.35. The van der Waals surface area contributed by atoms with Crippen LogP contribution in [0.5, 0.6) is 0 Å². The van der Waals surface area contributed by atoms with Gasteiger partial charge in [0.1, 0.15) is 0 Å². The maximum absolute atomic E-state index is 11.5. The molecule has 0 aliphatic heterocycles. The normalized spacial score (nSPS) is 11.2. The molecule has 7 heteroatoms. The summed E-state index contributed by atoms with van der Waals surface area (Å²) in [5, 5.41) is 15.0. The zero-order valence-corrected chi connectivity index (χ0v) is 12.0. The molecule has 0 bridgehead atoms. The van der Waals surface area contributed by atoms with Gasteiger partial charge in [-0.05, 0) is 26.8 Å². The first kappa shape index (κ1) is 16.4. The van der Waals surface area contributed by atoms with Crippen LogP contribution in [0.15, 0.2) is 29.4 Å². The number of nitrogens with one attached hydrogen (secondary N) is 2. The summed E-state index contributed by atoms with van der Waals surface area (Å²) in [5.41, 5.74) is 1.88. The standard InChI is InChI=1S/C14H17N3O4/c1-14(2,3)16-11(18)12(19)17-15-8-9-6-4-5-7-10(9)13(20)21/h4-8H,1-3H3,(H,16,18)(H,17,19)(H,20,21)/b15-8-. The van der Waals surface area contributed by atoms with Crippen LogP contribution >= 0.6 is 0 Å². The second-order valence-corrected chi connectivity index (χ2v) is 5.30. The van der Waals surface area contributed by atoms with Crippen LogP contribution in [0.25, 0.3) is 0 Å². The predicted octanol–water partition coefficient (Wildman–Crippen LogP) is 0.750. The highest BCUT2D eigenvalue weighted by Crippen LogP contribution is 2.05. The number of hydrogen-bond donors (Lipinski definition) is 3. The summed E-state index contributed by atoms with van der Waals surface area (Å²) < 4.78 is 0. The van der Waals surface area contributed by atoms with Crippen molar-refractivity contribution in [1.82, 2.24) is 10.7 Å². The smallest absolute Gasteiger partial charge is 0.336 e. The van der Waals surface area contributed by atoms with Crippen molar-refractivity contribution in [2.24, 2.45) is 5.10 Å². The topological polar surface area (TPSA) is 108 Å². The predicted molar refractivity (Wildman–Crippen MR) is 77.0 cm³/mol. The number of hydrazone groups is 1. The zero-order valence-electron chi connectivity index (χ0n) is 12.0. The van der Waals surface area contributed by atoms with Crippen molar-refractivity contribution >= 4 is 24.0 Å². The molecular formula is C14H17N3O4. The Morgan fingerprint density at radius 1 is 1.14 bits per heavy atom. The average Bonchev–Trinajstić information content (AvgIpc) is 2.36. The van der Waals surface area contributed by atoms with Gasteiger partial charge in [-0.3, -0.25) is 9.59 Å². The van der Waals surface area contributed by atoms with Gasteiger partial charge < -0.3 is 10.4 Å². The molecule has 0 radical (unpaired) electrons. The largest absolute Gasteiger partial charge is 0.478 e. The van der Waals surface area contributed by atoms with E-state index in [1.165, 1.54) is 18.3 Å². The number of benzene rings is 1. The number of carboxylic acids is 1. The van der Waals surface area contributed by atoms with Crippen LogP contribution < -0.4 is 10.7 Å². The first-order chi connectivity index (χ1) is 9.70. The Bertz CT molecular complexity index is 588. The fraction of sp³-hybridized carbons (Fsp3) is 0.286. The molecule has 112 valence electrons. The van der Waals surface area contributed by atoms with E-state index in [-0.39, 0.29) is 5.56 Å². The lowest BCUT2D eigenvalue weighted by atomic mass is 10.1. The van der Waals surface area contributed by atoms with E-state index in [1.807, 2.05) is 5.43 Å². The van der Waals surface area contributed by atoms with Gasteiger partial charge in [-0.25, -0.2) is 10.2 Å². The number of rotatable bonds is 3. The zero-order chi connectivity index (χ0) is 16.0. The summed E-state index contributed by atoms with van der Waals surface area (Å²) in [7, 11) is 0. The van der Waals surface area contributed by atoms with Crippen molar-refractivity contribution in [3.63, 3.8) is 0 Å². The van der Waals surface area contributed by atoms with E-state index in [9.17, 15) is 14.4 Å². The van der Waals surface area contributed by atoms with E-state index in [4.69, 9.17) is 5.11 Å². The maximum Gasteiger partial charge on any atom is 0.336 e. The van der Waals surface area contributed by atoms with Gasteiger partial charge in [-0.2, -0.15) is 5.10 Å². The van der Waals surface area contributed by atoms with E-state index in [2.05, 4.69) is 10.4 Å². The van der Waals surface area contributed by atoms with Crippen molar-refractivity contribution in [3.05, 3.63) is 35.4 Å². The third-order valence-corrected chi connectivity index (χ3v) is 2.26. The lowest BCUT2D eigenvalue weighted by Gasteiger charge is -2.19. The molecule has 0 unspecified atom stereocenters. The van der Waals surface area contributed by atoms with Gasteiger partial charge in [0.05, 0.1) is 11.8 Å². The molecule has 0 aliphatic rings. The first-order valence-electron chi connectivity index (χ1n) is 6.18. The Morgan fingerprint density at radius 3 is 2.33 bits per heavy atom. The summed E-state index contributed by atoms with van der Waals surface area (Å²) in [6.07, 6.45) is 1.17. The average molecular weight is 291 g/mol. The number of nitrogens with zero attached hydrogens (tertiary/aromatic N) is 1. The Kier molecular flexibility index (Phi) is 5.18. The number of carboxylic acid groups (broad SMARTS) is 1. The van der Waals surface area contributed by atoms with Crippen LogP contribution in [0.1, 0.15) is 36.7 Å².